The third-order valence-electron chi connectivity index (χ3n) is 20.2. The van der Waals surface area contributed by atoms with Gasteiger partial charge in [0.2, 0.25) is 0 Å². The quantitative estimate of drug-likeness (QED) is 0.0377. The topological polar surface area (TPSA) is 247 Å². The van der Waals surface area contributed by atoms with Gasteiger partial charge in [0.05, 0.1) is 22.3 Å². The second-order valence-electron chi connectivity index (χ2n) is 25.8. The molecule has 0 amide bonds. The molecule has 4 aliphatic rings. The van der Waals surface area contributed by atoms with Crippen LogP contribution in [0.1, 0.15) is 144 Å². The molecular weight excluding hydrogens is 1290 g/mol. The van der Waals surface area contributed by atoms with Crippen LogP contribution in [0, 0.1) is 29.1 Å². The van der Waals surface area contributed by atoms with E-state index in [0.717, 1.165) is 22.3 Å². The Labute approximate surface area is 583 Å². The van der Waals surface area contributed by atoms with Crippen molar-refractivity contribution in [3.63, 3.8) is 0 Å². The summed E-state index contributed by atoms with van der Waals surface area (Å²) in [4.78, 5) is 148. The van der Waals surface area contributed by atoms with Crippen LogP contribution in [-0.2, 0) is 58.0 Å². The fourth-order valence-electron chi connectivity index (χ4n) is 15.9. The molecule has 20 nitrogen and oxygen atoms in total. The van der Waals surface area contributed by atoms with E-state index in [4.69, 9.17) is 58.0 Å². The molecule has 0 N–H and O–H groups in total. The van der Waals surface area contributed by atoms with Gasteiger partial charge in [0.1, 0.15) is 24.4 Å². The first kappa shape index (κ1) is 69.6. The minimum absolute atomic E-state index is 0.00696. The SMILES string of the molecule is O=C(OOC(=O)c1ccccc1-c1ccccc1)OC1CCC(C(C2CCC(OC(=O)OOC(=O)c3ccccc3-c3ccccc3)CC2)(C2CCC(OC(=O)OOC(=O)c3ccccc3-c3ccccc3)CC2)C2CCC(OC(=O)OOC(=O)c3ccccc3-c3ccccc3)CC2)CC1. The molecule has 4 aliphatic carbocycles. The van der Waals surface area contributed by atoms with Crippen LogP contribution in [0.5, 0.6) is 0 Å². The van der Waals surface area contributed by atoms with Crippen LogP contribution in [0.2, 0.25) is 0 Å². The van der Waals surface area contributed by atoms with E-state index in [-0.39, 0.29) is 45.9 Å². The molecule has 520 valence electrons. The van der Waals surface area contributed by atoms with Crippen molar-refractivity contribution in [3.8, 4) is 44.5 Å². The molecule has 101 heavy (non-hydrogen) atoms. The van der Waals surface area contributed by atoms with Crippen molar-refractivity contribution in [1.82, 2.24) is 0 Å². The maximum atomic E-state index is 13.4. The third kappa shape index (κ3) is 17.2. The van der Waals surface area contributed by atoms with Gasteiger partial charge in [-0.15, -0.1) is 0 Å². The molecule has 0 radical (unpaired) electrons. The molecule has 4 saturated carbocycles. The number of carbonyl (C=O) groups excluding carboxylic acids is 8. The van der Waals surface area contributed by atoms with E-state index in [1.165, 1.54) is 0 Å². The predicted octanol–water partition coefficient (Wildman–Crippen LogP) is 18.6. The van der Waals surface area contributed by atoms with Gasteiger partial charge in [-0.2, -0.15) is 19.2 Å². The molecular formula is C81H76O20. The van der Waals surface area contributed by atoms with Crippen molar-refractivity contribution in [3.05, 3.63) is 241 Å². The molecule has 0 aliphatic heterocycles. The highest BCUT2D eigenvalue weighted by Gasteiger charge is 2.57. The zero-order valence-corrected chi connectivity index (χ0v) is 55.4. The maximum absolute atomic E-state index is 13.4. The summed E-state index contributed by atoms with van der Waals surface area (Å²) in [5, 5.41) is 0. The third-order valence-corrected chi connectivity index (χ3v) is 20.2. The summed E-state index contributed by atoms with van der Waals surface area (Å²) in [6.07, 6.45) is 1.23. The van der Waals surface area contributed by atoms with Crippen LogP contribution in [0.15, 0.2) is 218 Å². The maximum Gasteiger partial charge on any atom is 0.550 e. The summed E-state index contributed by atoms with van der Waals surface area (Å²) in [6.45, 7) is 0. The molecule has 12 rings (SSSR count). The lowest BCUT2D eigenvalue weighted by atomic mass is 9.45. The lowest BCUT2D eigenvalue weighted by Crippen LogP contribution is -2.54. The second-order valence-corrected chi connectivity index (χ2v) is 25.8. The number of hydrogen-bond donors (Lipinski definition) is 0. The van der Waals surface area contributed by atoms with E-state index in [2.05, 4.69) is 0 Å². The Morgan fingerprint density at radius 2 is 0.396 bits per heavy atom. The van der Waals surface area contributed by atoms with Gasteiger partial charge < -0.3 is 18.9 Å². The normalized spacial score (nSPS) is 20.8. The zero-order chi connectivity index (χ0) is 69.9. The first-order chi connectivity index (χ1) is 49.4. The van der Waals surface area contributed by atoms with Gasteiger partial charge in [-0.25, -0.2) is 58.3 Å². The van der Waals surface area contributed by atoms with Gasteiger partial charge in [0.25, 0.3) is 0 Å². The number of ether oxygens (including phenoxy) is 4. The lowest BCUT2D eigenvalue weighted by Gasteiger charge is -2.60. The van der Waals surface area contributed by atoms with Crippen molar-refractivity contribution < 1.29 is 96.4 Å². The fourth-order valence-corrected chi connectivity index (χ4v) is 15.9. The molecule has 20 heteroatoms. The molecule has 8 aromatic rings. The molecule has 8 aromatic carbocycles. The minimum atomic E-state index is -1.17. The van der Waals surface area contributed by atoms with Crippen molar-refractivity contribution in [1.29, 1.82) is 0 Å². The van der Waals surface area contributed by atoms with Gasteiger partial charge in [0, 0.05) is 0 Å². The molecule has 0 unspecified atom stereocenters. The summed E-state index contributed by atoms with van der Waals surface area (Å²) in [7, 11) is 0. The van der Waals surface area contributed by atoms with Crippen LogP contribution in [0.25, 0.3) is 44.5 Å². The molecule has 0 saturated heterocycles. The molecule has 0 atom stereocenters. The number of carbonyl (C=O) groups is 8. The molecule has 0 aromatic heterocycles. The monoisotopic (exact) mass is 1370 g/mol. The number of benzene rings is 8. The minimum Gasteiger partial charge on any atom is -0.428 e. The van der Waals surface area contributed by atoms with Crippen LogP contribution in [0.4, 0.5) is 19.2 Å². The summed E-state index contributed by atoms with van der Waals surface area (Å²) < 4.78 is 23.5. The number of hydrogen-bond acceptors (Lipinski definition) is 20. The van der Waals surface area contributed by atoms with Crippen molar-refractivity contribution in [2.24, 2.45) is 29.1 Å². The summed E-state index contributed by atoms with van der Waals surface area (Å²) >= 11 is 0. The van der Waals surface area contributed by atoms with Crippen LogP contribution < -0.4 is 0 Å². The Balaban J connectivity index is 0.749. The Morgan fingerprint density at radius 1 is 0.218 bits per heavy atom. The van der Waals surface area contributed by atoms with Gasteiger partial charge in [-0.05, 0) is 201 Å². The van der Waals surface area contributed by atoms with Gasteiger partial charge in [-0.1, -0.05) is 194 Å². The van der Waals surface area contributed by atoms with Gasteiger partial charge in [0.15, 0.2) is 0 Å². The molecule has 0 spiro atoms. The predicted molar refractivity (Wildman–Crippen MR) is 365 cm³/mol. The van der Waals surface area contributed by atoms with Crippen molar-refractivity contribution in [2.75, 3.05) is 0 Å². The standard InChI is InChI=1S/C81H76O20/c82-73(69-33-17-13-29-65(69)53-21-5-1-6-22-53)94-98-77(86)90-61-45-37-57(38-46-61)81(58-39-47-62(48-40-58)91-78(87)99-95-74(83)70-34-18-14-30-66(70)54-23-7-2-8-24-54,59-41-49-63(50-42-59)92-79(88)100-96-75(84)71-35-19-15-31-67(71)55-25-9-3-10-26-55)60-43-51-64(52-44-60)93-80(89)101-97-76(85)72-36-20-16-32-68(72)56-27-11-4-12-28-56/h1-36,57-64H,37-52H2. The Morgan fingerprint density at radius 3 is 0.594 bits per heavy atom. The Kier molecular flexibility index (Phi) is 23.1. The Hall–Kier alpha value is -11.3. The summed E-state index contributed by atoms with van der Waals surface area (Å²) in [5.41, 5.74) is 5.73. The fraction of sp³-hybridized carbons (Fsp3) is 0.309. The zero-order valence-electron chi connectivity index (χ0n) is 55.4. The van der Waals surface area contributed by atoms with Gasteiger partial charge in [-0.3, -0.25) is 0 Å². The highest BCUT2D eigenvalue weighted by molar-refractivity contribution is 5.99. The van der Waals surface area contributed by atoms with Crippen LogP contribution in [-0.4, -0.2) is 72.9 Å². The largest absolute Gasteiger partial charge is 0.550 e. The van der Waals surface area contributed by atoms with E-state index in [9.17, 15) is 38.4 Å². The van der Waals surface area contributed by atoms with E-state index in [1.54, 1.807) is 97.1 Å². The Bertz CT molecular complexity index is 3610. The highest BCUT2D eigenvalue weighted by atomic mass is 17.3. The smallest absolute Gasteiger partial charge is 0.428 e. The molecule has 0 bridgehead atoms. The van der Waals surface area contributed by atoms with Crippen LogP contribution in [0.3, 0.4) is 0 Å². The van der Waals surface area contributed by atoms with Gasteiger partial charge >= 0.3 is 48.5 Å². The average Bonchev–Trinajstić information content (AvgIpc) is 0.732. The molecule has 4 fully saturated rings. The van der Waals surface area contributed by atoms with E-state index >= 15 is 0 Å². The summed E-state index contributed by atoms with van der Waals surface area (Å²) in [5.74, 6) is -3.48. The van der Waals surface area contributed by atoms with Crippen LogP contribution >= 0.6 is 0 Å². The van der Waals surface area contributed by atoms with E-state index in [0.29, 0.717) is 125 Å². The van der Waals surface area contributed by atoms with E-state index in [1.807, 2.05) is 121 Å². The second kappa shape index (κ2) is 33.5. The first-order valence-electron chi connectivity index (χ1n) is 34.3. The lowest BCUT2D eigenvalue weighted by molar-refractivity contribution is -0.213. The number of rotatable bonds is 16. The van der Waals surface area contributed by atoms with Crippen molar-refractivity contribution >= 4 is 48.5 Å². The van der Waals surface area contributed by atoms with E-state index < -0.39 is 78.3 Å². The first-order valence-corrected chi connectivity index (χ1v) is 34.3. The summed E-state index contributed by atoms with van der Waals surface area (Å²) in [6, 6.07) is 64.3. The average molecular weight is 1370 g/mol. The molecule has 0 heterocycles. The van der Waals surface area contributed by atoms with Crippen molar-refractivity contribution in [2.45, 2.75) is 127 Å². The highest BCUT2D eigenvalue weighted by Crippen LogP contribution is 2.63.